The lowest BCUT2D eigenvalue weighted by Gasteiger charge is -2.44. The molecule has 154 valence electrons. The molecule has 0 bridgehead atoms. The molecule has 2 aromatic rings. The van der Waals surface area contributed by atoms with Crippen LogP contribution in [0, 0.1) is 0 Å². The fraction of sp³-hybridized carbons (Fsp3) is 0.429. The van der Waals surface area contributed by atoms with Gasteiger partial charge in [-0.1, -0.05) is 30.3 Å². The number of H-pyrrole nitrogens is 1. The van der Waals surface area contributed by atoms with Gasteiger partial charge in [0, 0.05) is 32.0 Å². The maximum absolute atomic E-state index is 13.4. The van der Waals surface area contributed by atoms with Gasteiger partial charge >= 0.3 is 0 Å². The van der Waals surface area contributed by atoms with Crippen LogP contribution in [0.4, 0.5) is 0 Å². The number of amides is 2. The van der Waals surface area contributed by atoms with E-state index >= 15 is 0 Å². The summed E-state index contributed by atoms with van der Waals surface area (Å²) in [5, 5.41) is 6.89. The Morgan fingerprint density at radius 2 is 1.90 bits per heavy atom. The molecular formula is C21H26N4O4. The lowest BCUT2D eigenvalue weighted by atomic mass is 9.85. The Morgan fingerprint density at radius 1 is 1.21 bits per heavy atom. The van der Waals surface area contributed by atoms with Crippen molar-refractivity contribution < 1.29 is 19.5 Å². The number of aromatic nitrogens is 2. The molecule has 0 radical (unpaired) electrons. The predicted octanol–water partition coefficient (Wildman–Crippen LogP) is 1.95. The van der Waals surface area contributed by atoms with Gasteiger partial charge in [-0.05, 0) is 37.7 Å². The molecule has 3 heterocycles. The van der Waals surface area contributed by atoms with Crippen LogP contribution in [0.2, 0.25) is 0 Å². The summed E-state index contributed by atoms with van der Waals surface area (Å²) in [4.78, 5) is 45.3. The van der Waals surface area contributed by atoms with Gasteiger partial charge in [-0.2, -0.15) is 0 Å². The zero-order valence-electron chi connectivity index (χ0n) is 16.3. The first-order valence-electron chi connectivity index (χ1n) is 9.85. The van der Waals surface area contributed by atoms with Gasteiger partial charge in [-0.15, -0.1) is 0 Å². The van der Waals surface area contributed by atoms with E-state index in [1.54, 1.807) is 17.3 Å². The van der Waals surface area contributed by atoms with E-state index in [2.05, 4.69) is 22.1 Å². The van der Waals surface area contributed by atoms with Crippen molar-refractivity contribution in [3.8, 4) is 0 Å². The number of nitrogens with zero attached hydrogens (tertiary/aromatic N) is 3. The van der Waals surface area contributed by atoms with Crippen molar-refractivity contribution in [2.24, 2.45) is 0 Å². The van der Waals surface area contributed by atoms with Crippen LogP contribution in [-0.4, -0.2) is 68.3 Å². The zero-order chi connectivity index (χ0) is 20.7. The van der Waals surface area contributed by atoms with E-state index in [1.165, 1.54) is 5.56 Å². The Labute approximate surface area is 169 Å². The quantitative estimate of drug-likeness (QED) is 0.766. The van der Waals surface area contributed by atoms with E-state index in [0.29, 0.717) is 18.9 Å². The second kappa shape index (κ2) is 9.36. The summed E-state index contributed by atoms with van der Waals surface area (Å²) < 4.78 is 0. The van der Waals surface area contributed by atoms with Crippen LogP contribution < -0.4 is 0 Å². The second-order valence-electron chi connectivity index (χ2n) is 7.27. The zero-order valence-corrected chi connectivity index (χ0v) is 16.3. The number of imidazole rings is 1. The number of likely N-dealkylation sites (tertiary alicyclic amines) is 2. The summed E-state index contributed by atoms with van der Waals surface area (Å²) in [5.41, 5.74) is 0.550. The fourth-order valence-corrected chi connectivity index (χ4v) is 4.35. The Balaban J connectivity index is 0.000000755. The molecular weight excluding hydrogens is 372 g/mol. The maximum Gasteiger partial charge on any atom is 0.290 e. The summed E-state index contributed by atoms with van der Waals surface area (Å²) in [7, 11) is 0. The third-order valence-corrected chi connectivity index (χ3v) is 5.65. The van der Waals surface area contributed by atoms with Crippen molar-refractivity contribution in [1.82, 2.24) is 19.8 Å². The molecule has 0 saturated carbocycles. The predicted molar refractivity (Wildman–Crippen MR) is 106 cm³/mol. The van der Waals surface area contributed by atoms with Crippen molar-refractivity contribution in [3.63, 3.8) is 0 Å². The van der Waals surface area contributed by atoms with Crippen molar-refractivity contribution in [2.45, 2.75) is 37.6 Å². The van der Waals surface area contributed by atoms with Crippen LogP contribution >= 0.6 is 0 Å². The van der Waals surface area contributed by atoms with Crippen LogP contribution in [0.1, 0.15) is 41.9 Å². The number of aromatic amines is 1. The number of carbonyl (C=O) groups is 3. The first kappa shape index (κ1) is 20.6. The first-order chi connectivity index (χ1) is 14.1. The van der Waals surface area contributed by atoms with Crippen molar-refractivity contribution in [1.29, 1.82) is 0 Å². The smallest absolute Gasteiger partial charge is 0.290 e. The molecule has 0 aliphatic carbocycles. The van der Waals surface area contributed by atoms with Gasteiger partial charge in [0.1, 0.15) is 5.54 Å². The fourth-order valence-electron chi connectivity index (χ4n) is 4.35. The molecule has 2 N–H and O–H groups in total. The van der Waals surface area contributed by atoms with Crippen LogP contribution in [0.3, 0.4) is 0 Å². The summed E-state index contributed by atoms with van der Waals surface area (Å²) in [6, 6.07) is 10.2. The SMILES string of the molecule is O=C(c1ncc[nH]1)N1CCCC12CCCN(CCc1ccccc1)C2=O.O=CO. The molecule has 1 aromatic carbocycles. The number of hydrogen-bond donors (Lipinski definition) is 2. The van der Waals surface area contributed by atoms with E-state index in [-0.39, 0.29) is 18.3 Å². The molecule has 2 fully saturated rings. The monoisotopic (exact) mass is 398 g/mol. The van der Waals surface area contributed by atoms with Crippen LogP contribution in [0.15, 0.2) is 42.7 Å². The van der Waals surface area contributed by atoms with Gasteiger partial charge in [0.05, 0.1) is 0 Å². The minimum absolute atomic E-state index is 0.108. The lowest BCUT2D eigenvalue weighted by molar-refractivity contribution is -0.145. The number of nitrogens with one attached hydrogen (secondary N) is 1. The van der Waals surface area contributed by atoms with Gasteiger partial charge in [0.2, 0.25) is 5.91 Å². The molecule has 1 atom stereocenters. The molecule has 1 unspecified atom stereocenters. The molecule has 29 heavy (non-hydrogen) atoms. The van der Waals surface area contributed by atoms with Gasteiger partial charge in [0.25, 0.3) is 12.4 Å². The van der Waals surface area contributed by atoms with E-state index < -0.39 is 5.54 Å². The summed E-state index contributed by atoms with van der Waals surface area (Å²) in [6.07, 6.45) is 7.36. The Bertz CT molecular complexity index is 824. The number of carbonyl (C=O) groups excluding carboxylic acids is 2. The Kier molecular flexibility index (Phi) is 6.64. The second-order valence-corrected chi connectivity index (χ2v) is 7.27. The Hall–Kier alpha value is -3.16. The van der Waals surface area contributed by atoms with E-state index in [1.807, 2.05) is 23.1 Å². The van der Waals surface area contributed by atoms with E-state index in [0.717, 1.165) is 38.6 Å². The normalized spacial score (nSPS) is 21.0. The van der Waals surface area contributed by atoms with Gasteiger partial charge < -0.3 is 19.9 Å². The summed E-state index contributed by atoms with van der Waals surface area (Å²) in [6.45, 7) is 1.85. The number of benzene rings is 1. The number of hydrogen-bond acceptors (Lipinski definition) is 4. The maximum atomic E-state index is 13.4. The third-order valence-electron chi connectivity index (χ3n) is 5.65. The highest BCUT2D eigenvalue weighted by Gasteiger charge is 2.53. The molecule has 1 spiro atoms. The molecule has 8 heteroatoms. The van der Waals surface area contributed by atoms with Crippen molar-refractivity contribution in [2.75, 3.05) is 19.6 Å². The van der Waals surface area contributed by atoms with Crippen LogP contribution in [0.25, 0.3) is 0 Å². The molecule has 2 saturated heterocycles. The van der Waals surface area contributed by atoms with Crippen molar-refractivity contribution in [3.05, 3.63) is 54.1 Å². The largest absolute Gasteiger partial charge is 0.483 e. The third kappa shape index (κ3) is 4.31. The van der Waals surface area contributed by atoms with Crippen LogP contribution in [0.5, 0.6) is 0 Å². The lowest BCUT2D eigenvalue weighted by Crippen LogP contribution is -2.61. The molecule has 4 rings (SSSR count). The van der Waals surface area contributed by atoms with E-state index in [4.69, 9.17) is 9.90 Å². The van der Waals surface area contributed by atoms with Gasteiger partial charge in [0.15, 0.2) is 5.82 Å². The molecule has 2 aliphatic heterocycles. The minimum atomic E-state index is -0.682. The average molecular weight is 398 g/mol. The molecule has 1 aromatic heterocycles. The molecule has 2 aliphatic rings. The number of piperidine rings is 1. The van der Waals surface area contributed by atoms with Gasteiger partial charge in [-0.3, -0.25) is 14.4 Å². The topological polar surface area (TPSA) is 107 Å². The highest BCUT2D eigenvalue weighted by atomic mass is 16.3. The highest BCUT2D eigenvalue weighted by Crippen LogP contribution is 2.39. The van der Waals surface area contributed by atoms with Crippen LogP contribution in [-0.2, 0) is 16.0 Å². The summed E-state index contributed by atoms with van der Waals surface area (Å²) in [5.74, 6) is 0.267. The minimum Gasteiger partial charge on any atom is -0.483 e. The van der Waals surface area contributed by atoms with E-state index in [9.17, 15) is 9.59 Å². The highest BCUT2D eigenvalue weighted by molar-refractivity contribution is 5.98. The molecule has 8 nitrogen and oxygen atoms in total. The summed E-state index contributed by atoms with van der Waals surface area (Å²) >= 11 is 0. The Morgan fingerprint density at radius 3 is 2.55 bits per heavy atom. The molecule has 2 amide bonds. The average Bonchev–Trinajstić information content (AvgIpc) is 3.41. The van der Waals surface area contributed by atoms with Gasteiger partial charge in [-0.25, -0.2) is 4.98 Å². The standard InChI is InChI=1S/C20H24N4O2.CH2O2/c25-18(17-21-11-12-22-17)24-14-5-10-20(24)9-4-13-23(19(20)26)15-8-16-6-2-1-3-7-16;2-1-3/h1-3,6-7,11-12H,4-5,8-10,13-15H2,(H,21,22);1H,(H,2,3). The number of carboxylic acid groups (broad SMARTS) is 1. The van der Waals surface area contributed by atoms with Crippen molar-refractivity contribution >= 4 is 18.3 Å². The first-order valence-corrected chi connectivity index (χ1v) is 9.85. The number of rotatable bonds is 4.